The van der Waals surface area contributed by atoms with E-state index in [1.165, 1.54) is 27.8 Å². The van der Waals surface area contributed by atoms with Gasteiger partial charge in [-0.2, -0.15) is 0 Å². The first-order chi connectivity index (χ1) is 27.5. The maximum atomic E-state index is 13.3. The van der Waals surface area contributed by atoms with E-state index in [0.29, 0.717) is 23.3 Å². The normalized spacial score (nSPS) is 17.4. The van der Waals surface area contributed by atoms with Crippen LogP contribution in [0.1, 0.15) is 146 Å². The molecule has 2 heterocycles. The largest absolute Gasteiger partial charge is 0.497 e. The number of methoxy groups -OCH3 is 1. The minimum absolute atomic E-state index is 0.0257. The number of fused-ring (bicyclic) bond motifs is 2. The molecule has 5 aromatic carbocycles. The molecular weight excluding hydrogens is 753 g/mol. The van der Waals surface area contributed by atoms with E-state index in [4.69, 9.17) is 19.9 Å². The standard InChI is InChI=1S/C29H35NO4S.C22H29NO/c1-17(2)21-9-11-22(12-10-21)26-25-20(5)27(18(3)19(4)28(25)34-29(26,6)7)30-35(31,32)24-15-13-23(33-8)14-16-24;1-12(2)16-8-10-17(11-9-16)19-18-15(5)20(23)13(3)14(4)21(18)24-22(19,6)7/h9-17,26,30H,1-8H3;8-12,19H,23H2,1-7H3. The molecule has 3 N–H and O–H groups in total. The number of nitrogen functional groups attached to an aromatic ring is 1. The second kappa shape index (κ2) is 15.9. The Hall–Kier alpha value is -4.95. The average Bonchev–Trinajstić information content (AvgIpc) is 3.66. The summed E-state index contributed by atoms with van der Waals surface area (Å²) in [4.78, 5) is 0.188. The SMILES string of the molecule is COc1ccc(S(=O)(=O)Nc2c(C)c(C)c3c(c2C)C(c2ccc(C(C)C)cc2)C(C)(C)O3)cc1.Cc1c(C)c2c(c(C)c1N)C(c1ccc(C(C)C)cc1)C(C)(C)O2. The molecule has 0 spiro atoms. The molecule has 0 aliphatic carbocycles. The van der Waals surface area contributed by atoms with Gasteiger partial charge in [-0.05, 0) is 161 Å². The third kappa shape index (κ3) is 7.93. The van der Waals surface area contributed by atoms with E-state index in [-0.39, 0.29) is 22.3 Å². The molecule has 5 aromatic rings. The summed E-state index contributed by atoms with van der Waals surface area (Å²) in [5.41, 5.74) is 20.8. The Balaban J connectivity index is 0.000000213. The second-order valence-corrected chi connectivity index (χ2v) is 19.9. The maximum Gasteiger partial charge on any atom is 0.261 e. The third-order valence-corrected chi connectivity index (χ3v) is 14.2. The van der Waals surface area contributed by atoms with Crippen molar-refractivity contribution in [2.24, 2.45) is 0 Å². The van der Waals surface area contributed by atoms with Gasteiger partial charge in [-0.25, -0.2) is 8.42 Å². The number of ether oxygens (including phenoxy) is 3. The lowest BCUT2D eigenvalue weighted by Crippen LogP contribution is -2.31. The van der Waals surface area contributed by atoms with Crippen LogP contribution in [0.15, 0.2) is 77.7 Å². The molecule has 0 saturated heterocycles. The van der Waals surface area contributed by atoms with Crippen LogP contribution in [0.3, 0.4) is 0 Å². The van der Waals surface area contributed by atoms with Crippen LogP contribution in [0, 0.1) is 41.5 Å². The Kier molecular flexibility index (Phi) is 11.8. The Labute approximate surface area is 353 Å². The number of sulfonamides is 1. The Morgan fingerprint density at radius 2 is 1.00 bits per heavy atom. The molecular formula is C51H64N2O5S. The van der Waals surface area contributed by atoms with Crippen LogP contribution in [0.25, 0.3) is 0 Å². The van der Waals surface area contributed by atoms with Gasteiger partial charge in [-0.1, -0.05) is 76.2 Å². The maximum absolute atomic E-state index is 13.3. The number of nitrogens with two attached hydrogens (primary N) is 1. The molecule has 7 nitrogen and oxygen atoms in total. The minimum Gasteiger partial charge on any atom is -0.497 e. The van der Waals surface area contributed by atoms with Crippen molar-refractivity contribution in [1.29, 1.82) is 0 Å². The molecule has 2 aliphatic heterocycles. The lowest BCUT2D eigenvalue weighted by Gasteiger charge is -2.27. The molecule has 314 valence electrons. The fourth-order valence-electron chi connectivity index (χ4n) is 9.00. The second-order valence-electron chi connectivity index (χ2n) is 18.2. The quantitative estimate of drug-likeness (QED) is 0.151. The number of benzene rings is 5. The van der Waals surface area contributed by atoms with Crippen LogP contribution in [0.2, 0.25) is 0 Å². The van der Waals surface area contributed by atoms with Gasteiger partial charge in [0, 0.05) is 16.8 Å². The molecule has 0 saturated carbocycles. The van der Waals surface area contributed by atoms with Gasteiger partial charge in [0.15, 0.2) is 0 Å². The van der Waals surface area contributed by atoms with Crippen molar-refractivity contribution in [2.45, 2.75) is 137 Å². The summed E-state index contributed by atoms with van der Waals surface area (Å²) in [7, 11) is -2.24. The Morgan fingerprint density at radius 3 is 1.41 bits per heavy atom. The molecule has 0 bridgehead atoms. The number of hydrogen-bond donors (Lipinski definition) is 2. The van der Waals surface area contributed by atoms with Gasteiger partial charge in [-0.15, -0.1) is 0 Å². The zero-order valence-electron chi connectivity index (χ0n) is 37.8. The van der Waals surface area contributed by atoms with Crippen molar-refractivity contribution in [3.8, 4) is 17.2 Å². The summed E-state index contributed by atoms with van der Waals surface area (Å²) < 4.78 is 47.6. The summed E-state index contributed by atoms with van der Waals surface area (Å²) in [5.74, 6) is 3.67. The summed E-state index contributed by atoms with van der Waals surface area (Å²) in [5, 5.41) is 0. The monoisotopic (exact) mass is 816 g/mol. The topological polar surface area (TPSA) is 99.9 Å². The van der Waals surface area contributed by atoms with Crippen molar-refractivity contribution in [1.82, 2.24) is 0 Å². The van der Waals surface area contributed by atoms with Crippen LogP contribution in [-0.2, 0) is 10.0 Å². The number of anilines is 2. The predicted octanol–water partition coefficient (Wildman–Crippen LogP) is 12.5. The van der Waals surface area contributed by atoms with Crippen LogP contribution < -0.4 is 24.7 Å². The van der Waals surface area contributed by atoms with Gasteiger partial charge in [-0.3, -0.25) is 4.72 Å². The highest BCUT2D eigenvalue weighted by molar-refractivity contribution is 7.92. The van der Waals surface area contributed by atoms with E-state index in [2.05, 4.69) is 129 Å². The molecule has 0 fully saturated rings. The molecule has 0 aromatic heterocycles. The third-order valence-electron chi connectivity index (χ3n) is 12.8. The highest BCUT2D eigenvalue weighted by Crippen LogP contribution is 2.55. The summed E-state index contributed by atoms with van der Waals surface area (Å²) >= 11 is 0. The van der Waals surface area contributed by atoms with Crippen LogP contribution >= 0.6 is 0 Å². The van der Waals surface area contributed by atoms with Crippen LogP contribution in [-0.4, -0.2) is 26.7 Å². The zero-order chi connectivity index (χ0) is 43.5. The summed E-state index contributed by atoms with van der Waals surface area (Å²) in [6.45, 7) is 29.6. The predicted molar refractivity (Wildman–Crippen MR) is 244 cm³/mol. The first-order valence-electron chi connectivity index (χ1n) is 20.8. The summed E-state index contributed by atoms with van der Waals surface area (Å²) in [6, 6.07) is 24.1. The number of rotatable bonds is 8. The lowest BCUT2D eigenvalue weighted by atomic mass is 9.78. The number of hydrogen-bond acceptors (Lipinski definition) is 6. The van der Waals surface area contributed by atoms with Gasteiger partial charge in [0.05, 0.1) is 29.5 Å². The van der Waals surface area contributed by atoms with Gasteiger partial charge < -0.3 is 19.9 Å². The highest BCUT2D eigenvalue weighted by Gasteiger charge is 2.46. The van der Waals surface area contributed by atoms with E-state index in [0.717, 1.165) is 56.1 Å². The first-order valence-corrected chi connectivity index (χ1v) is 22.3. The van der Waals surface area contributed by atoms with E-state index >= 15 is 0 Å². The van der Waals surface area contributed by atoms with Gasteiger partial charge in [0.25, 0.3) is 10.0 Å². The van der Waals surface area contributed by atoms with Gasteiger partial charge in [0.1, 0.15) is 28.5 Å². The number of nitrogens with one attached hydrogen (secondary N) is 1. The van der Waals surface area contributed by atoms with Crippen molar-refractivity contribution in [3.63, 3.8) is 0 Å². The lowest BCUT2D eigenvalue weighted by molar-refractivity contribution is 0.121. The Morgan fingerprint density at radius 1 is 0.593 bits per heavy atom. The molecule has 8 heteroatoms. The van der Waals surface area contributed by atoms with Crippen molar-refractivity contribution in [3.05, 3.63) is 140 Å². The van der Waals surface area contributed by atoms with Crippen molar-refractivity contribution >= 4 is 21.4 Å². The van der Waals surface area contributed by atoms with Crippen molar-refractivity contribution in [2.75, 3.05) is 17.6 Å². The molecule has 2 unspecified atom stereocenters. The molecule has 0 amide bonds. The molecule has 7 rings (SSSR count). The smallest absolute Gasteiger partial charge is 0.261 e. The molecule has 2 atom stereocenters. The Bertz CT molecular complexity index is 2480. The van der Waals surface area contributed by atoms with Gasteiger partial charge in [0.2, 0.25) is 0 Å². The average molecular weight is 817 g/mol. The van der Waals surface area contributed by atoms with Gasteiger partial charge >= 0.3 is 0 Å². The van der Waals surface area contributed by atoms with E-state index in [1.807, 2.05) is 20.8 Å². The molecule has 59 heavy (non-hydrogen) atoms. The highest BCUT2D eigenvalue weighted by atomic mass is 32.2. The molecule has 0 radical (unpaired) electrons. The minimum atomic E-state index is -3.79. The van der Waals surface area contributed by atoms with E-state index in [1.54, 1.807) is 31.4 Å². The fraction of sp³-hybridized carbons (Fsp3) is 0.412. The van der Waals surface area contributed by atoms with E-state index < -0.39 is 15.6 Å². The molecule has 2 aliphatic rings. The summed E-state index contributed by atoms with van der Waals surface area (Å²) in [6.07, 6.45) is 0. The van der Waals surface area contributed by atoms with Crippen LogP contribution in [0.4, 0.5) is 11.4 Å². The fourth-order valence-corrected chi connectivity index (χ4v) is 10.2. The van der Waals surface area contributed by atoms with E-state index in [9.17, 15) is 8.42 Å². The van der Waals surface area contributed by atoms with Crippen molar-refractivity contribution < 1.29 is 22.6 Å². The van der Waals surface area contributed by atoms with Crippen LogP contribution in [0.5, 0.6) is 17.2 Å². The first kappa shape index (κ1) is 43.6. The zero-order valence-corrected chi connectivity index (χ0v) is 38.6.